The number of benzene rings is 1. The second-order valence-electron chi connectivity index (χ2n) is 9.07. The molecule has 2 aliphatic rings. The van der Waals surface area contributed by atoms with Crippen molar-refractivity contribution >= 4 is 16.9 Å². The summed E-state index contributed by atoms with van der Waals surface area (Å²) in [7, 11) is 2.08. The molecule has 1 N–H and O–H groups in total. The fraction of sp³-hybridized carbons (Fsp3) is 0.565. The molecule has 2 saturated heterocycles. The Morgan fingerprint density at radius 2 is 1.97 bits per heavy atom. The van der Waals surface area contributed by atoms with Gasteiger partial charge in [0.05, 0.1) is 0 Å². The Kier molecular flexibility index (Phi) is 6.46. The average molecular weight is 453 g/mol. The molecule has 2 amide bonds. The Morgan fingerprint density at radius 3 is 2.69 bits per heavy atom. The van der Waals surface area contributed by atoms with Crippen LogP contribution < -0.4 is 10.1 Å². The van der Waals surface area contributed by atoms with Crippen LogP contribution in [0.1, 0.15) is 39.1 Å². The SMILES string of the molecule is C[C@@H]1C[C@H](c2ccc(OC(F)(F)F)c3ncccc23)CN(C(=O)NC2CCN(C)CC2)C1.[HH]. The minimum Gasteiger partial charge on any atom is -0.403 e. The lowest BCUT2D eigenvalue weighted by Gasteiger charge is -2.38. The summed E-state index contributed by atoms with van der Waals surface area (Å²) < 4.78 is 42.7. The van der Waals surface area contributed by atoms with E-state index in [0.717, 1.165) is 37.9 Å². The Bertz CT molecular complexity index is 966. The summed E-state index contributed by atoms with van der Waals surface area (Å²) >= 11 is 0. The molecular weight excluding hydrogens is 421 g/mol. The van der Waals surface area contributed by atoms with Crippen molar-refractivity contribution in [3.8, 4) is 5.75 Å². The molecule has 0 radical (unpaired) electrons. The van der Waals surface area contributed by atoms with Gasteiger partial charge >= 0.3 is 12.4 Å². The van der Waals surface area contributed by atoms with E-state index in [1.54, 1.807) is 18.2 Å². The van der Waals surface area contributed by atoms with Crippen LogP contribution in [-0.2, 0) is 0 Å². The maximum absolute atomic E-state index is 13.0. The van der Waals surface area contributed by atoms with Crippen molar-refractivity contribution in [1.82, 2.24) is 20.1 Å². The van der Waals surface area contributed by atoms with Crippen LogP contribution in [0.25, 0.3) is 10.9 Å². The maximum Gasteiger partial charge on any atom is 0.573 e. The van der Waals surface area contributed by atoms with Gasteiger partial charge in [0.1, 0.15) is 5.52 Å². The highest BCUT2D eigenvalue weighted by Gasteiger charge is 2.34. The monoisotopic (exact) mass is 452 g/mol. The Balaban J connectivity index is 0.00000306. The van der Waals surface area contributed by atoms with E-state index in [0.29, 0.717) is 18.5 Å². The number of urea groups is 1. The van der Waals surface area contributed by atoms with E-state index in [1.807, 2.05) is 4.90 Å². The lowest BCUT2D eigenvalue weighted by atomic mass is 9.84. The van der Waals surface area contributed by atoms with Crippen molar-refractivity contribution in [1.29, 1.82) is 0 Å². The normalized spacial score (nSPS) is 23.3. The van der Waals surface area contributed by atoms with Gasteiger partial charge in [0.2, 0.25) is 0 Å². The van der Waals surface area contributed by atoms with Crippen LogP contribution >= 0.6 is 0 Å². The maximum atomic E-state index is 13.0. The summed E-state index contributed by atoms with van der Waals surface area (Å²) in [5, 5.41) is 3.81. The molecule has 9 heteroatoms. The van der Waals surface area contributed by atoms with Crippen LogP contribution in [0.2, 0.25) is 0 Å². The first-order valence-electron chi connectivity index (χ1n) is 11.1. The van der Waals surface area contributed by atoms with Gasteiger partial charge in [0.15, 0.2) is 5.75 Å². The zero-order valence-corrected chi connectivity index (χ0v) is 18.4. The number of aromatic nitrogens is 1. The first-order chi connectivity index (χ1) is 15.2. The summed E-state index contributed by atoms with van der Waals surface area (Å²) in [5.74, 6) is -0.0268. The first-order valence-corrected chi connectivity index (χ1v) is 11.1. The van der Waals surface area contributed by atoms with Crippen LogP contribution in [0.15, 0.2) is 30.5 Å². The molecule has 0 spiro atoms. The number of hydrogen-bond donors (Lipinski definition) is 1. The van der Waals surface area contributed by atoms with Crippen LogP contribution in [0.5, 0.6) is 5.75 Å². The number of nitrogens with one attached hydrogen (secondary N) is 1. The number of amides is 2. The zero-order chi connectivity index (χ0) is 22.9. The van der Waals surface area contributed by atoms with Crippen LogP contribution in [0.3, 0.4) is 0 Å². The van der Waals surface area contributed by atoms with Gasteiger partial charge in [-0.1, -0.05) is 19.1 Å². The van der Waals surface area contributed by atoms with E-state index < -0.39 is 6.36 Å². The highest BCUT2D eigenvalue weighted by molar-refractivity contribution is 5.88. The lowest BCUT2D eigenvalue weighted by Crippen LogP contribution is -2.52. The second kappa shape index (κ2) is 9.13. The molecule has 2 fully saturated rings. The first kappa shape index (κ1) is 22.6. The molecule has 0 aliphatic carbocycles. The number of hydrogen-bond acceptors (Lipinski definition) is 4. The van der Waals surface area contributed by atoms with Crippen LogP contribution in [0.4, 0.5) is 18.0 Å². The highest BCUT2D eigenvalue weighted by atomic mass is 19.4. The third kappa shape index (κ3) is 5.26. The smallest absolute Gasteiger partial charge is 0.403 e. The number of alkyl halides is 3. The van der Waals surface area contributed by atoms with E-state index in [4.69, 9.17) is 0 Å². The largest absolute Gasteiger partial charge is 0.573 e. The summed E-state index contributed by atoms with van der Waals surface area (Å²) in [4.78, 5) is 21.2. The van der Waals surface area contributed by atoms with Gasteiger partial charge in [-0.05, 0) is 63.0 Å². The minimum atomic E-state index is -4.78. The Labute approximate surface area is 187 Å². The molecule has 4 rings (SSSR count). The molecule has 2 aromatic rings. The molecule has 32 heavy (non-hydrogen) atoms. The summed E-state index contributed by atoms with van der Waals surface area (Å²) in [6.45, 7) is 5.22. The number of piperidine rings is 2. The van der Waals surface area contributed by atoms with Gasteiger partial charge in [-0.2, -0.15) is 0 Å². The van der Waals surface area contributed by atoms with E-state index in [9.17, 15) is 18.0 Å². The molecule has 2 aliphatic heterocycles. The van der Waals surface area contributed by atoms with Gasteiger partial charge in [0.25, 0.3) is 0 Å². The van der Waals surface area contributed by atoms with Crippen molar-refractivity contribution in [3.63, 3.8) is 0 Å². The Hall–Kier alpha value is -2.55. The molecule has 0 unspecified atom stereocenters. The lowest BCUT2D eigenvalue weighted by molar-refractivity contribution is -0.274. The highest BCUT2D eigenvalue weighted by Crippen LogP contribution is 2.38. The molecule has 1 aromatic heterocycles. The molecule has 0 saturated carbocycles. The quantitative estimate of drug-likeness (QED) is 0.739. The standard InChI is InChI=1S/C23H29F3N4O2.H2/c1-15-12-16(14-30(13-15)22(31)28-17-7-10-29(2)11-8-17)18-5-6-20(32-23(24,25)26)21-19(18)4-3-9-27-21;/h3-6,9,15-17H,7-8,10-14H2,1-2H3,(H,28,31);1H/t15-,16+;/m1./s1. The van der Waals surface area contributed by atoms with Crippen molar-refractivity contribution in [2.24, 2.45) is 5.92 Å². The van der Waals surface area contributed by atoms with E-state index in [2.05, 4.69) is 33.9 Å². The topological polar surface area (TPSA) is 57.7 Å². The number of fused-ring (bicyclic) bond motifs is 1. The van der Waals surface area contributed by atoms with Gasteiger partial charge in [-0.3, -0.25) is 4.98 Å². The van der Waals surface area contributed by atoms with Crippen LogP contribution in [0, 0.1) is 5.92 Å². The fourth-order valence-electron chi connectivity index (χ4n) is 4.89. The van der Waals surface area contributed by atoms with Gasteiger partial charge in [-0.25, -0.2) is 4.79 Å². The summed E-state index contributed by atoms with van der Waals surface area (Å²) in [6.07, 6.45) is -0.603. The predicted molar refractivity (Wildman–Crippen MR) is 118 cm³/mol. The third-order valence-electron chi connectivity index (χ3n) is 6.42. The molecule has 3 heterocycles. The third-order valence-corrected chi connectivity index (χ3v) is 6.42. The number of carbonyl (C=O) groups is 1. The van der Waals surface area contributed by atoms with Gasteiger partial charge in [0, 0.05) is 38.1 Å². The van der Waals surface area contributed by atoms with Crippen molar-refractivity contribution in [2.45, 2.75) is 44.5 Å². The van der Waals surface area contributed by atoms with Crippen molar-refractivity contribution in [2.75, 3.05) is 33.2 Å². The van der Waals surface area contributed by atoms with Crippen LogP contribution in [-0.4, -0.2) is 66.4 Å². The number of nitrogens with zero attached hydrogens (tertiary/aromatic N) is 3. The Morgan fingerprint density at radius 1 is 1.22 bits per heavy atom. The number of ether oxygens (including phenoxy) is 1. The molecule has 2 atom stereocenters. The fourth-order valence-corrected chi connectivity index (χ4v) is 4.89. The summed E-state index contributed by atoms with van der Waals surface area (Å²) in [6, 6.07) is 6.61. The van der Waals surface area contributed by atoms with E-state index in [1.165, 1.54) is 12.3 Å². The van der Waals surface area contributed by atoms with E-state index in [-0.39, 0.29) is 36.6 Å². The molecule has 0 bridgehead atoms. The number of pyridine rings is 1. The number of likely N-dealkylation sites (tertiary alicyclic amines) is 2. The van der Waals surface area contributed by atoms with Crippen molar-refractivity contribution in [3.05, 3.63) is 36.0 Å². The second-order valence-corrected chi connectivity index (χ2v) is 9.07. The minimum absolute atomic E-state index is 0. The number of rotatable bonds is 3. The average Bonchev–Trinajstić information content (AvgIpc) is 2.74. The summed E-state index contributed by atoms with van der Waals surface area (Å²) in [5.41, 5.74) is 1.08. The van der Waals surface area contributed by atoms with E-state index >= 15 is 0 Å². The number of halogens is 3. The number of carbonyl (C=O) groups excluding carboxylic acids is 1. The molecule has 6 nitrogen and oxygen atoms in total. The van der Waals surface area contributed by atoms with Gasteiger partial charge < -0.3 is 19.9 Å². The molecule has 176 valence electrons. The molecule has 1 aromatic carbocycles. The molecular formula is C23H31F3N4O2. The van der Waals surface area contributed by atoms with Crippen molar-refractivity contribution < 1.29 is 24.1 Å². The predicted octanol–water partition coefficient (Wildman–Crippen LogP) is 4.61. The van der Waals surface area contributed by atoms with Gasteiger partial charge in [-0.15, -0.1) is 13.2 Å². The zero-order valence-electron chi connectivity index (χ0n) is 18.4.